The molecule has 8 heteroatoms. The van der Waals surface area contributed by atoms with E-state index in [2.05, 4.69) is 9.98 Å². The van der Waals surface area contributed by atoms with Gasteiger partial charge in [-0.15, -0.1) is 0 Å². The van der Waals surface area contributed by atoms with Crippen molar-refractivity contribution in [2.24, 2.45) is 9.98 Å². The topological polar surface area (TPSA) is 95.8 Å². The molecule has 0 N–H and O–H groups in total. The standard InChI is InChI=1S/C16H24N2O6/c1-11(3-5-17-9-19)23-13-7-21-16-14(8-22-15(13)16)24-12(2)4-6-18-10-20/h11-16H,3-8H2,1-2H3/t11?,12?,13-,14-,15?,16?/m0/s1. The first-order chi connectivity index (χ1) is 11.7. The Kier molecular flexibility index (Phi) is 7.72. The molecule has 6 atom stereocenters. The van der Waals surface area contributed by atoms with Crippen LogP contribution < -0.4 is 0 Å². The zero-order valence-corrected chi connectivity index (χ0v) is 14.1. The lowest BCUT2D eigenvalue weighted by molar-refractivity contribution is -0.0821. The molecule has 2 heterocycles. The van der Waals surface area contributed by atoms with Gasteiger partial charge in [0.05, 0.1) is 38.5 Å². The summed E-state index contributed by atoms with van der Waals surface area (Å²) in [6, 6.07) is 0. The second-order valence-corrected chi connectivity index (χ2v) is 6.09. The maximum absolute atomic E-state index is 10.1. The Bertz CT molecular complexity index is 445. The average Bonchev–Trinajstić information content (AvgIpc) is 3.12. The number of carbonyl (C=O) groups excluding carboxylic acids is 2. The summed E-state index contributed by atoms with van der Waals surface area (Å²) in [7, 11) is 0. The summed E-state index contributed by atoms with van der Waals surface area (Å²) in [5, 5.41) is 0. The van der Waals surface area contributed by atoms with Crippen LogP contribution in [0.1, 0.15) is 26.7 Å². The van der Waals surface area contributed by atoms with Gasteiger partial charge in [-0.25, -0.2) is 19.6 Å². The number of fused-ring (bicyclic) bond motifs is 1. The van der Waals surface area contributed by atoms with Gasteiger partial charge in [-0.2, -0.15) is 0 Å². The molecule has 0 aromatic heterocycles. The van der Waals surface area contributed by atoms with E-state index in [4.69, 9.17) is 18.9 Å². The highest BCUT2D eigenvalue weighted by Crippen LogP contribution is 2.32. The lowest BCUT2D eigenvalue weighted by Gasteiger charge is -2.22. The predicted octanol–water partition coefficient (Wildman–Crippen LogP) is 0.783. The molecule has 8 nitrogen and oxygen atoms in total. The van der Waals surface area contributed by atoms with Crippen LogP contribution in [0, 0.1) is 0 Å². The fourth-order valence-corrected chi connectivity index (χ4v) is 2.98. The van der Waals surface area contributed by atoms with Crippen LogP contribution in [0.15, 0.2) is 9.98 Å². The minimum absolute atomic E-state index is 0.0434. The van der Waals surface area contributed by atoms with Gasteiger partial charge >= 0.3 is 0 Å². The van der Waals surface area contributed by atoms with Gasteiger partial charge in [0.15, 0.2) is 0 Å². The van der Waals surface area contributed by atoms with E-state index in [0.717, 1.165) is 0 Å². The van der Waals surface area contributed by atoms with Crippen molar-refractivity contribution in [2.75, 3.05) is 26.3 Å². The number of nitrogens with zero attached hydrogens (tertiary/aromatic N) is 2. The average molecular weight is 340 g/mol. The lowest BCUT2D eigenvalue weighted by atomic mass is 10.1. The zero-order valence-electron chi connectivity index (χ0n) is 14.1. The molecule has 0 aromatic carbocycles. The molecule has 2 aliphatic rings. The Hall–Kier alpha value is -1.40. The van der Waals surface area contributed by atoms with Gasteiger partial charge in [0.25, 0.3) is 0 Å². The first-order valence-electron chi connectivity index (χ1n) is 8.27. The Morgan fingerprint density at radius 3 is 1.71 bits per heavy atom. The summed E-state index contributed by atoms with van der Waals surface area (Å²) in [5.41, 5.74) is 0. The third-order valence-electron chi connectivity index (χ3n) is 4.20. The monoisotopic (exact) mass is 340 g/mol. The van der Waals surface area contributed by atoms with E-state index in [0.29, 0.717) is 39.1 Å². The fraction of sp³-hybridized carbons (Fsp3) is 0.875. The van der Waals surface area contributed by atoms with E-state index in [1.165, 1.54) is 12.2 Å². The second kappa shape index (κ2) is 9.79. The van der Waals surface area contributed by atoms with Gasteiger partial charge < -0.3 is 18.9 Å². The molecule has 0 aromatic rings. The quantitative estimate of drug-likeness (QED) is 0.431. The maximum atomic E-state index is 10.1. The van der Waals surface area contributed by atoms with Crippen molar-refractivity contribution < 1.29 is 28.5 Å². The molecule has 0 aliphatic carbocycles. The summed E-state index contributed by atoms with van der Waals surface area (Å²) < 4.78 is 23.5. The molecule has 0 radical (unpaired) electrons. The molecular weight excluding hydrogens is 316 g/mol. The first-order valence-corrected chi connectivity index (χ1v) is 8.27. The largest absolute Gasteiger partial charge is 0.370 e. The zero-order chi connectivity index (χ0) is 17.4. The van der Waals surface area contributed by atoms with E-state index < -0.39 is 0 Å². The number of ether oxygens (including phenoxy) is 4. The Balaban J connectivity index is 1.76. The normalized spacial score (nSPS) is 30.9. The minimum atomic E-state index is -0.146. The fourth-order valence-electron chi connectivity index (χ4n) is 2.98. The first kappa shape index (κ1) is 18.9. The third kappa shape index (κ3) is 5.31. The van der Waals surface area contributed by atoms with Crippen LogP contribution in [0.2, 0.25) is 0 Å². The Morgan fingerprint density at radius 2 is 1.33 bits per heavy atom. The highest BCUT2D eigenvalue weighted by Gasteiger charge is 2.49. The van der Waals surface area contributed by atoms with Crippen molar-refractivity contribution in [3.8, 4) is 0 Å². The molecule has 4 unspecified atom stereocenters. The minimum Gasteiger partial charge on any atom is -0.370 e. The van der Waals surface area contributed by atoms with E-state index >= 15 is 0 Å². The van der Waals surface area contributed by atoms with E-state index in [9.17, 15) is 9.59 Å². The highest BCUT2D eigenvalue weighted by molar-refractivity contribution is 5.32. The van der Waals surface area contributed by atoms with Gasteiger partial charge in [0.1, 0.15) is 24.4 Å². The summed E-state index contributed by atoms with van der Waals surface area (Å²) >= 11 is 0. The van der Waals surface area contributed by atoms with Gasteiger partial charge in [-0.1, -0.05) is 0 Å². The number of aliphatic imine (C=N–C) groups is 2. The van der Waals surface area contributed by atoms with E-state index in [1.54, 1.807) is 0 Å². The van der Waals surface area contributed by atoms with Gasteiger partial charge in [-0.05, 0) is 26.7 Å². The predicted molar refractivity (Wildman–Crippen MR) is 83.4 cm³/mol. The summed E-state index contributed by atoms with van der Waals surface area (Å²) in [4.78, 5) is 27.2. The number of hydrogen-bond acceptors (Lipinski definition) is 8. The number of hydrogen-bond donors (Lipinski definition) is 0. The van der Waals surface area contributed by atoms with Crippen LogP contribution in [-0.4, -0.2) is 75.1 Å². The smallest absolute Gasteiger partial charge is 0.234 e. The van der Waals surface area contributed by atoms with Crippen molar-refractivity contribution in [3.05, 3.63) is 0 Å². The van der Waals surface area contributed by atoms with Crippen LogP contribution in [0.4, 0.5) is 0 Å². The molecule has 0 bridgehead atoms. The number of rotatable bonds is 10. The van der Waals surface area contributed by atoms with E-state index in [-0.39, 0.29) is 36.6 Å². The molecule has 134 valence electrons. The summed E-state index contributed by atoms with van der Waals surface area (Å²) in [5.74, 6) is 0. The molecule has 24 heavy (non-hydrogen) atoms. The summed E-state index contributed by atoms with van der Waals surface area (Å²) in [6.45, 7) is 5.60. The molecule has 2 rings (SSSR count). The van der Waals surface area contributed by atoms with Gasteiger partial charge in [0.2, 0.25) is 12.2 Å². The molecule has 2 aliphatic heterocycles. The van der Waals surface area contributed by atoms with Gasteiger partial charge in [0, 0.05) is 0 Å². The van der Waals surface area contributed by atoms with Crippen molar-refractivity contribution in [3.63, 3.8) is 0 Å². The van der Waals surface area contributed by atoms with Crippen molar-refractivity contribution in [1.29, 1.82) is 0 Å². The van der Waals surface area contributed by atoms with Crippen molar-refractivity contribution in [1.82, 2.24) is 0 Å². The molecule has 0 spiro atoms. The van der Waals surface area contributed by atoms with Crippen molar-refractivity contribution >= 4 is 12.2 Å². The molecule has 0 amide bonds. The number of isocyanates is 2. The highest BCUT2D eigenvalue weighted by atomic mass is 16.6. The van der Waals surface area contributed by atoms with Crippen LogP contribution >= 0.6 is 0 Å². The molecule has 0 saturated carbocycles. The van der Waals surface area contributed by atoms with Crippen LogP contribution in [0.25, 0.3) is 0 Å². The van der Waals surface area contributed by atoms with Crippen LogP contribution in [-0.2, 0) is 28.5 Å². The Morgan fingerprint density at radius 1 is 0.917 bits per heavy atom. The van der Waals surface area contributed by atoms with Crippen molar-refractivity contribution in [2.45, 2.75) is 63.3 Å². The molecule has 2 saturated heterocycles. The van der Waals surface area contributed by atoms with E-state index in [1.807, 2.05) is 13.8 Å². The molecule has 2 fully saturated rings. The molecular formula is C16H24N2O6. The maximum Gasteiger partial charge on any atom is 0.234 e. The van der Waals surface area contributed by atoms with Gasteiger partial charge in [-0.3, -0.25) is 0 Å². The SMILES string of the molecule is CC(CCN=C=O)O[C@H]1COC2C1OC[C@@H]2OC(C)CCN=C=O. The third-order valence-corrected chi connectivity index (χ3v) is 4.20. The Labute approximate surface area is 141 Å². The summed E-state index contributed by atoms with van der Waals surface area (Å²) in [6.07, 6.45) is 3.67. The van der Waals surface area contributed by atoms with Crippen LogP contribution in [0.3, 0.4) is 0 Å². The lowest BCUT2D eigenvalue weighted by Crippen LogP contribution is -2.36. The second-order valence-electron chi connectivity index (χ2n) is 6.09. The van der Waals surface area contributed by atoms with Crippen LogP contribution in [0.5, 0.6) is 0 Å².